The first-order valence-electron chi connectivity index (χ1n) is 7.90. The molecule has 0 spiro atoms. The molecule has 0 bridgehead atoms. The Labute approximate surface area is 157 Å². The lowest BCUT2D eigenvalue weighted by Gasteiger charge is -2.24. The first-order valence-corrected chi connectivity index (χ1v) is 8.28. The lowest BCUT2D eigenvalue weighted by Crippen LogP contribution is -2.33. The molecule has 2 N–H and O–H groups in total. The summed E-state index contributed by atoms with van der Waals surface area (Å²) in [5.74, 6) is 0. The zero-order chi connectivity index (χ0) is 16.4. The van der Waals surface area contributed by atoms with Gasteiger partial charge in [-0.2, -0.15) is 5.10 Å². The van der Waals surface area contributed by atoms with Crippen molar-refractivity contribution in [3.63, 3.8) is 0 Å². The lowest BCUT2D eigenvalue weighted by atomic mass is 10.0. The van der Waals surface area contributed by atoms with Crippen LogP contribution in [0.5, 0.6) is 0 Å². The second kappa shape index (κ2) is 7.97. The molecular weight excluding hydrogens is 359 g/mol. The average molecular weight is 377 g/mol. The Balaban J connectivity index is 0.00000182. The summed E-state index contributed by atoms with van der Waals surface area (Å²) >= 11 is 5.95. The highest BCUT2D eigenvalue weighted by molar-refractivity contribution is 6.29. The van der Waals surface area contributed by atoms with E-state index in [9.17, 15) is 0 Å². The van der Waals surface area contributed by atoms with Crippen molar-refractivity contribution in [3.05, 3.63) is 59.2 Å². The first kappa shape index (κ1) is 17.9. The summed E-state index contributed by atoms with van der Waals surface area (Å²) in [5.41, 5.74) is 4.72. The third kappa shape index (κ3) is 4.02. The van der Waals surface area contributed by atoms with Crippen molar-refractivity contribution in [2.24, 2.45) is 0 Å². The lowest BCUT2D eigenvalue weighted by molar-refractivity contribution is 0.0277. The van der Waals surface area contributed by atoms with Gasteiger partial charge in [-0.05, 0) is 23.8 Å². The number of H-pyrrole nitrogens is 1. The molecule has 3 aromatic rings. The van der Waals surface area contributed by atoms with Crippen LogP contribution in [0.2, 0.25) is 5.15 Å². The van der Waals surface area contributed by atoms with Crippen LogP contribution in [0.1, 0.15) is 11.7 Å². The summed E-state index contributed by atoms with van der Waals surface area (Å²) in [6.45, 7) is 2.52. The molecule has 2 aromatic heterocycles. The molecular formula is C18H18Cl2N4O. The van der Waals surface area contributed by atoms with E-state index in [1.807, 2.05) is 18.2 Å². The maximum Gasteiger partial charge on any atom is 0.129 e. The minimum atomic E-state index is 0. The molecule has 4 rings (SSSR count). The fourth-order valence-electron chi connectivity index (χ4n) is 2.81. The molecule has 1 aliphatic rings. The predicted octanol–water partition coefficient (Wildman–Crippen LogP) is 3.87. The number of nitrogens with zero attached hydrogens (tertiary/aromatic N) is 2. The third-order valence-electron chi connectivity index (χ3n) is 4.07. The van der Waals surface area contributed by atoms with Gasteiger partial charge in [0.1, 0.15) is 5.15 Å². The van der Waals surface area contributed by atoms with Crippen molar-refractivity contribution < 1.29 is 4.74 Å². The molecule has 1 aromatic carbocycles. The molecule has 7 heteroatoms. The second-order valence-corrected chi connectivity index (χ2v) is 6.09. The van der Waals surface area contributed by atoms with Gasteiger partial charge in [-0.15, -0.1) is 12.4 Å². The molecule has 1 fully saturated rings. The smallest absolute Gasteiger partial charge is 0.129 e. The van der Waals surface area contributed by atoms with Crippen LogP contribution in [0.25, 0.3) is 22.6 Å². The van der Waals surface area contributed by atoms with E-state index in [1.54, 1.807) is 6.07 Å². The fraction of sp³-hybridized carbons (Fsp3) is 0.222. The number of hydrogen-bond acceptors (Lipinski definition) is 4. The monoisotopic (exact) mass is 376 g/mol. The number of pyridine rings is 1. The minimum absolute atomic E-state index is 0. The minimum Gasteiger partial charge on any atom is -0.371 e. The number of hydrogen-bond donors (Lipinski definition) is 2. The van der Waals surface area contributed by atoms with Gasteiger partial charge in [0.2, 0.25) is 0 Å². The van der Waals surface area contributed by atoms with Gasteiger partial charge in [0.15, 0.2) is 0 Å². The van der Waals surface area contributed by atoms with E-state index in [0.29, 0.717) is 5.15 Å². The summed E-state index contributed by atoms with van der Waals surface area (Å²) < 4.78 is 5.78. The second-order valence-electron chi connectivity index (χ2n) is 5.70. The van der Waals surface area contributed by atoms with Crippen LogP contribution in [0.4, 0.5) is 0 Å². The number of morpholine rings is 1. The molecule has 3 heterocycles. The summed E-state index contributed by atoms with van der Waals surface area (Å²) in [7, 11) is 0. The topological polar surface area (TPSA) is 62.8 Å². The molecule has 1 saturated heterocycles. The number of rotatable bonds is 3. The van der Waals surface area contributed by atoms with Crippen LogP contribution in [0.15, 0.2) is 48.5 Å². The van der Waals surface area contributed by atoms with Gasteiger partial charge in [0, 0.05) is 18.7 Å². The Bertz CT molecular complexity index is 829. The Morgan fingerprint density at radius 2 is 1.92 bits per heavy atom. The van der Waals surface area contributed by atoms with Crippen molar-refractivity contribution in [2.75, 3.05) is 19.7 Å². The van der Waals surface area contributed by atoms with Gasteiger partial charge in [0.05, 0.1) is 29.8 Å². The van der Waals surface area contributed by atoms with Crippen molar-refractivity contribution in [1.82, 2.24) is 20.5 Å². The van der Waals surface area contributed by atoms with E-state index in [1.165, 1.54) is 5.56 Å². The predicted molar refractivity (Wildman–Crippen MR) is 101 cm³/mol. The van der Waals surface area contributed by atoms with Crippen molar-refractivity contribution in [3.8, 4) is 22.6 Å². The maximum atomic E-state index is 5.95. The fourth-order valence-corrected chi connectivity index (χ4v) is 2.97. The average Bonchev–Trinajstić information content (AvgIpc) is 3.13. The van der Waals surface area contributed by atoms with Gasteiger partial charge in [-0.1, -0.05) is 41.9 Å². The number of aromatic amines is 1. The molecule has 5 nitrogen and oxygen atoms in total. The first-order chi connectivity index (χ1) is 11.8. The van der Waals surface area contributed by atoms with E-state index in [0.717, 1.165) is 42.3 Å². The maximum absolute atomic E-state index is 5.95. The molecule has 0 amide bonds. The van der Waals surface area contributed by atoms with Crippen LogP contribution < -0.4 is 5.32 Å². The zero-order valence-electron chi connectivity index (χ0n) is 13.4. The standard InChI is InChI=1S/C18H17ClN4O.ClH/c19-18-3-1-2-14(21-18)16-10-15(22-23-16)12-4-6-13(7-5-12)17-11-20-8-9-24-17;/h1-7,10,17,20H,8-9,11H2,(H,22,23);1H/t17-;/m1./s1. The van der Waals surface area contributed by atoms with Crippen molar-refractivity contribution >= 4 is 24.0 Å². The summed E-state index contributed by atoms with van der Waals surface area (Å²) in [6, 6.07) is 15.8. The number of aromatic nitrogens is 3. The Hall–Kier alpha value is -1.92. The highest BCUT2D eigenvalue weighted by Gasteiger charge is 2.15. The van der Waals surface area contributed by atoms with Crippen molar-refractivity contribution in [2.45, 2.75) is 6.10 Å². The molecule has 1 aliphatic heterocycles. The molecule has 130 valence electrons. The van der Waals surface area contributed by atoms with Gasteiger partial charge in [-0.3, -0.25) is 5.10 Å². The van der Waals surface area contributed by atoms with Crippen LogP contribution >= 0.6 is 24.0 Å². The van der Waals surface area contributed by atoms with E-state index in [-0.39, 0.29) is 18.5 Å². The Kier molecular flexibility index (Phi) is 5.71. The highest BCUT2D eigenvalue weighted by atomic mass is 35.5. The van der Waals surface area contributed by atoms with Gasteiger partial charge in [0.25, 0.3) is 0 Å². The molecule has 0 unspecified atom stereocenters. The van der Waals surface area contributed by atoms with E-state index in [4.69, 9.17) is 16.3 Å². The summed E-state index contributed by atoms with van der Waals surface area (Å²) in [6.07, 6.45) is 0.123. The SMILES string of the molecule is Cl.Clc1cccc(-c2cc(-c3ccc([C@H]4CNCCO4)cc3)n[nH]2)n1. The molecule has 0 saturated carbocycles. The van der Waals surface area contributed by atoms with Crippen LogP contribution in [0.3, 0.4) is 0 Å². The Morgan fingerprint density at radius 1 is 1.08 bits per heavy atom. The summed E-state index contributed by atoms with van der Waals surface area (Å²) in [4.78, 5) is 4.30. The van der Waals surface area contributed by atoms with E-state index in [2.05, 4.69) is 44.8 Å². The van der Waals surface area contributed by atoms with Gasteiger partial charge < -0.3 is 10.1 Å². The van der Waals surface area contributed by atoms with E-state index >= 15 is 0 Å². The van der Waals surface area contributed by atoms with Gasteiger partial charge >= 0.3 is 0 Å². The summed E-state index contributed by atoms with van der Waals surface area (Å²) in [5, 5.41) is 11.2. The highest BCUT2D eigenvalue weighted by Crippen LogP contribution is 2.26. The number of halogens is 2. The van der Waals surface area contributed by atoms with E-state index < -0.39 is 0 Å². The van der Waals surface area contributed by atoms with Crippen LogP contribution in [0, 0.1) is 0 Å². The largest absolute Gasteiger partial charge is 0.371 e. The van der Waals surface area contributed by atoms with Crippen LogP contribution in [-0.4, -0.2) is 34.9 Å². The molecule has 0 aliphatic carbocycles. The number of ether oxygens (including phenoxy) is 1. The quantitative estimate of drug-likeness (QED) is 0.680. The molecule has 25 heavy (non-hydrogen) atoms. The molecule has 1 atom stereocenters. The normalized spacial score (nSPS) is 17.1. The Morgan fingerprint density at radius 3 is 2.64 bits per heavy atom. The molecule has 0 radical (unpaired) electrons. The van der Waals surface area contributed by atoms with Crippen LogP contribution in [-0.2, 0) is 4.74 Å². The van der Waals surface area contributed by atoms with Gasteiger partial charge in [-0.25, -0.2) is 4.98 Å². The number of nitrogens with one attached hydrogen (secondary N) is 2. The zero-order valence-corrected chi connectivity index (χ0v) is 15.0. The van der Waals surface area contributed by atoms with Crippen molar-refractivity contribution in [1.29, 1.82) is 0 Å². The number of benzene rings is 1. The third-order valence-corrected chi connectivity index (χ3v) is 4.29.